The summed E-state index contributed by atoms with van der Waals surface area (Å²) in [6, 6.07) is 9.37. The van der Waals surface area contributed by atoms with Crippen molar-refractivity contribution in [2.24, 2.45) is 0 Å². The highest BCUT2D eigenvalue weighted by Gasteiger charge is 2.20. The number of fused-ring (bicyclic) bond motifs is 1. The Kier molecular flexibility index (Phi) is 6.14. The van der Waals surface area contributed by atoms with Gasteiger partial charge in [-0.3, -0.25) is 9.36 Å². The minimum Gasteiger partial charge on any atom is -0.419 e. The zero-order chi connectivity index (χ0) is 20.4. The Morgan fingerprint density at radius 1 is 1.34 bits per heavy atom. The van der Waals surface area contributed by atoms with Crippen molar-refractivity contribution in [2.45, 2.75) is 23.9 Å². The molecule has 0 fully saturated rings. The average molecular weight is 493 g/mol. The van der Waals surface area contributed by atoms with Crippen LogP contribution in [0.1, 0.15) is 18.1 Å². The summed E-state index contributed by atoms with van der Waals surface area (Å²) >= 11 is 6.37. The Morgan fingerprint density at radius 2 is 2.21 bits per heavy atom. The molecular formula is C19H17BrN4O3S2. The topological polar surface area (TPSA) is 83.0 Å². The van der Waals surface area contributed by atoms with Gasteiger partial charge in [0.2, 0.25) is 5.89 Å². The van der Waals surface area contributed by atoms with Gasteiger partial charge in [-0.15, -0.1) is 21.5 Å². The van der Waals surface area contributed by atoms with Crippen molar-refractivity contribution in [2.75, 3.05) is 13.7 Å². The number of rotatable bonds is 7. The Hall–Kier alpha value is -2.01. The number of methoxy groups -OCH3 is 1. The summed E-state index contributed by atoms with van der Waals surface area (Å²) in [6.07, 6.45) is 0. The molecule has 29 heavy (non-hydrogen) atoms. The average Bonchev–Trinajstić information content (AvgIpc) is 3.40. The van der Waals surface area contributed by atoms with E-state index < -0.39 is 0 Å². The first kappa shape index (κ1) is 20.3. The van der Waals surface area contributed by atoms with Gasteiger partial charge < -0.3 is 9.15 Å². The monoisotopic (exact) mass is 492 g/mol. The molecule has 0 spiro atoms. The van der Waals surface area contributed by atoms with Crippen LogP contribution in [-0.4, -0.2) is 33.5 Å². The highest BCUT2D eigenvalue weighted by Crippen LogP contribution is 2.35. The van der Waals surface area contributed by atoms with Crippen molar-refractivity contribution in [3.8, 4) is 10.8 Å². The van der Waals surface area contributed by atoms with E-state index >= 15 is 0 Å². The third-order valence-electron chi connectivity index (χ3n) is 4.20. The maximum Gasteiger partial charge on any atom is 0.262 e. The van der Waals surface area contributed by atoms with Crippen LogP contribution in [0.25, 0.3) is 21.7 Å². The Labute approximate surface area is 183 Å². The van der Waals surface area contributed by atoms with Crippen LogP contribution >= 0.6 is 39.0 Å². The fraction of sp³-hybridized carbons (Fsp3) is 0.263. The number of thioether (sulfide) groups is 1. The van der Waals surface area contributed by atoms with Gasteiger partial charge in [-0.25, -0.2) is 4.98 Å². The molecule has 0 radical (unpaired) electrons. The van der Waals surface area contributed by atoms with Crippen molar-refractivity contribution >= 4 is 49.9 Å². The number of ether oxygens (including phenoxy) is 1. The van der Waals surface area contributed by atoms with E-state index in [-0.39, 0.29) is 10.8 Å². The molecule has 0 bridgehead atoms. The molecule has 3 heterocycles. The highest BCUT2D eigenvalue weighted by molar-refractivity contribution is 9.10. The van der Waals surface area contributed by atoms with Crippen molar-refractivity contribution in [3.63, 3.8) is 0 Å². The molecule has 150 valence electrons. The van der Waals surface area contributed by atoms with Crippen LogP contribution in [0.3, 0.4) is 0 Å². The van der Waals surface area contributed by atoms with Crippen LogP contribution in [0.15, 0.2) is 54.6 Å². The summed E-state index contributed by atoms with van der Waals surface area (Å²) in [5.41, 5.74) is 0.541. The Morgan fingerprint density at radius 3 is 2.97 bits per heavy atom. The molecule has 3 aromatic heterocycles. The van der Waals surface area contributed by atoms with Gasteiger partial charge in [0.05, 0.1) is 34.2 Å². The van der Waals surface area contributed by atoms with E-state index in [0.29, 0.717) is 41.0 Å². The lowest BCUT2D eigenvalue weighted by atomic mass is 10.2. The minimum absolute atomic E-state index is 0.104. The van der Waals surface area contributed by atoms with Crippen LogP contribution in [-0.2, 0) is 11.3 Å². The van der Waals surface area contributed by atoms with Crippen LogP contribution < -0.4 is 5.56 Å². The van der Waals surface area contributed by atoms with E-state index in [4.69, 9.17) is 14.1 Å². The lowest BCUT2D eigenvalue weighted by Crippen LogP contribution is -2.25. The Bertz CT molecular complexity index is 1190. The van der Waals surface area contributed by atoms with Gasteiger partial charge >= 0.3 is 0 Å². The quantitative estimate of drug-likeness (QED) is 0.271. The first-order valence-electron chi connectivity index (χ1n) is 8.80. The first-order valence-corrected chi connectivity index (χ1v) is 11.3. The SMILES string of the molecule is COCCn1c(SC(C)c2nnc(-c3cccs3)o2)nc2ccc(Br)cc2c1=O. The predicted molar refractivity (Wildman–Crippen MR) is 117 cm³/mol. The standard InChI is InChI=1S/C19H17BrN4O3S2/c1-11(16-22-23-17(27-16)15-4-3-9-28-15)29-19-21-14-6-5-12(20)10-13(14)18(25)24(19)7-8-26-2/h3-6,9-11H,7-8H2,1-2H3. The number of benzene rings is 1. The molecule has 7 nitrogen and oxygen atoms in total. The largest absolute Gasteiger partial charge is 0.419 e. The predicted octanol–water partition coefficient (Wildman–Crippen LogP) is 4.77. The van der Waals surface area contributed by atoms with E-state index in [2.05, 4.69) is 26.1 Å². The number of nitrogens with zero attached hydrogens (tertiary/aromatic N) is 4. The van der Waals surface area contributed by atoms with Crippen LogP contribution in [0.4, 0.5) is 0 Å². The molecule has 0 saturated heterocycles. The van der Waals surface area contributed by atoms with Gasteiger partial charge in [0.25, 0.3) is 11.4 Å². The smallest absolute Gasteiger partial charge is 0.262 e. The summed E-state index contributed by atoms with van der Waals surface area (Å²) in [6.45, 7) is 2.77. The van der Waals surface area contributed by atoms with Crippen LogP contribution in [0.2, 0.25) is 0 Å². The summed E-state index contributed by atoms with van der Waals surface area (Å²) in [4.78, 5) is 18.7. The van der Waals surface area contributed by atoms with Gasteiger partial charge in [0.15, 0.2) is 5.16 Å². The molecule has 4 aromatic rings. The van der Waals surface area contributed by atoms with E-state index in [1.165, 1.54) is 11.8 Å². The molecule has 0 N–H and O–H groups in total. The zero-order valence-electron chi connectivity index (χ0n) is 15.7. The van der Waals surface area contributed by atoms with Gasteiger partial charge in [-0.1, -0.05) is 33.8 Å². The Balaban J connectivity index is 1.69. The highest BCUT2D eigenvalue weighted by atomic mass is 79.9. The van der Waals surface area contributed by atoms with E-state index in [9.17, 15) is 4.79 Å². The maximum atomic E-state index is 13.1. The normalized spacial score (nSPS) is 12.5. The van der Waals surface area contributed by atoms with Gasteiger partial charge in [0.1, 0.15) is 0 Å². The van der Waals surface area contributed by atoms with E-state index in [1.54, 1.807) is 29.1 Å². The minimum atomic E-state index is -0.176. The molecule has 0 aliphatic rings. The number of hydrogen-bond donors (Lipinski definition) is 0. The fourth-order valence-corrected chi connectivity index (χ4v) is 4.72. The molecule has 0 saturated carbocycles. The summed E-state index contributed by atoms with van der Waals surface area (Å²) in [5.74, 6) is 0.984. The molecule has 0 aliphatic heterocycles. The summed E-state index contributed by atoms with van der Waals surface area (Å²) in [7, 11) is 1.61. The summed E-state index contributed by atoms with van der Waals surface area (Å²) < 4.78 is 13.5. The number of halogens is 1. The second kappa shape index (κ2) is 8.78. The van der Waals surface area contributed by atoms with Crippen LogP contribution in [0, 0.1) is 0 Å². The maximum absolute atomic E-state index is 13.1. The summed E-state index contributed by atoms with van der Waals surface area (Å²) in [5, 5.41) is 11.3. The van der Waals surface area contributed by atoms with Gasteiger partial charge in [0, 0.05) is 11.6 Å². The van der Waals surface area contributed by atoms with Crippen molar-refractivity contribution in [1.82, 2.24) is 19.7 Å². The second-order valence-electron chi connectivity index (χ2n) is 6.19. The molecule has 0 aliphatic carbocycles. The van der Waals surface area contributed by atoms with Gasteiger partial charge in [-0.2, -0.15) is 0 Å². The number of hydrogen-bond acceptors (Lipinski definition) is 8. The van der Waals surface area contributed by atoms with Gasteiger partial charge in [-0.05, 0) is 36.6 Å². The van der Waals surface area contributed by atoms with E-state index in [1.807, 2.05) is 36.6 Å². The molecule has 1 aromatic carbocycles. The van der Waals surface area contributed by atoms with Crippen LogP contribution in [0.5, 0.6) is 0 Å². The third-order valence-corrected chi connectivity index (χ3v) is 6.63. The lowest BCUT2D eigenvalue weighted by molar-refractivity contribution is 0.183. The number of thiophene rings is 1. The molecule has 0 amide bonds. The molecule has 4 rings (SSSR count). The molecule has 10 heteroatoms. The number of aromatic nitrogens is 4. The third kappa shape index (κ3) is 4.30. The van der Waals surface area contributed by atoms with E-state index in [0.717, 1.165) is 9.35 Å². The van der Waals surface area contributed by atoms with Crippen molar-refractivity contribution in [1.29, 1.82) is 0 Å². The molecule has 1 unspecified atom stereocenters. The molecular weight excluding hydrogens is 476 g/mol. The fourth-order valence-electron chi connectivity index (χ4n) is 2.75. The van der Waals surface area contributed by atoms with Crippen molar-refractivity contribution < 1.29 is 9.15 Å². The zero-order valence-corrected chi connectivity index (χ0v) is 18.9. The molecule has 1 atom stereocenters. The van der Waals surface area contributed by atoms with Crippen molar-refractivity contribution in [3.05, 3.63) is 56.4 Å². The second-order valence-corrected chi connectivity index (χ2v) is 9.36. The first-order chi connectivity index (χ1) is 14.1. The lowest BCUT2D eigenvalue weighted by Gasteiger charge is -2.14.